The topological polar surface area (TPSA) is 69.6 Å². The maximum atomic E-state index is 12.4. The van der Waals surface area contributed by atoms with Crippen molar-refractivity contribution in [1.82, 2.24) is 5.32 Å². The Bertz CT molecular complexity index is 566. The summed E-state index contributed by atoms with van der Waals surface area (Å²) in [5, 5.41) is 12.1. The van der Waals surface area contributed by atoms with Crippen LogP contribution in [0.1, 0.15) is 37.7 Å². The number of benzene rings is 1. The fraction of sp³-hybridized carbons (Fsp3) is 0.500. The second-order valence-corrected chi connectivity index (χ2v) is 6.19. The first-order chi connectivity index (χ1) is 10.0. The van der Waals surface area contributed by atoms with Crippen molar-refractivity contribution in [2.45, 2.75) is 38.1 Å². The zero-order valence-corrected chi connectivity index (χ0v) is 12.1. The fourth-order valence-electron chi connectivity index (χ4n) is 3.35. The number of carboxylic acids is 1. The van der Waals surface area contributed by atoms with Crippen LogP contribution in [0.15, 0.2) is 24.3 Å². The molecule has 1 heterocycles. The van der Waals surface area contributed by atoms with Gasteiger partial charge in [0.2, 0.25) is 0 Å². The van der Waals surface area contributed by atoms with Crippen LogP contribution >= 0.6 is 0 Å². The maximum absolute atomic E-state index is 12.4. The van der Waals surface area contributed by atoms with Gasteiger partial charge in [0.15, 0.2) is 0 Å². The predicted molar refractivity (Wildman–Crippen MR) is 79.5 cm³/mol. The van der Waals surface area contributed by atoms with Gasteiger partial charge in [-0.2, -0.15) is 0 Å². The first-order valence-corrected chi connectivity index (χ1v) is 7.43. The number of anilines is 1. The zero-order valence-electron chi connectivity index (χ0n) is 12.1. The standard InChI is InChI=1S/C16H20N2O3/c1-10-6-12(7-10)17-16(21)18-9-11(8-15(19)20)13-4-2-3-5-14(13)18/h2-5,10-12H,6-9H2,1H3,(H,17,21)(H,19,20). The van der Waals surface area contributed by atoms with Crippen LogP contribution in [0.5, 0.6) is 0 Å². The van der Waals surface area contributed by atoms with Gasteiger partial charge in [0, 0.05) is 24.2 Å². The first-order valence-electron chi connectivity index (χ1n) is 7.43. The summed E-state index contributed by atoms with van der Waals surface area (Å²) in [5.74, 6) is -0.268. The summed E-state index contributed by atoms with van der Waals surface area (Å²) in [6, 6.07) is 7.74. The van der Waals surface area contributed by atoms with E-state index in [0.717, 1.165) is 24.1 Å². The number of nitrogens with one attached hydrogen (secondary N) is 1. The summed E-state index contributed by atoms with van der Waals surface area (Å²) in [6.45, 7) is 2.62. The van der Waals surface area contributed by atoms with Crippen LogP contribution in [0.2, 0.25) is 0 Å². The van der Waals surface area contributed by atoms with E-state index in [1.54, 1.807) is 4.90 Å². The van der Waals surface area contributed by atoms with Gasteiger partial charge in [-0.1, -0.05) is 25.1 Å². The third-order valence-corrected chi connectivity index (χ3v) is 4.44. The Morgan fingerprint density at radius 3 is 2.71 bits per heavy atom. The summed E-state index contributed by atoms with van der Waals surface area (Å²) in [6.07, 6.45) is 2.11. The number of hydrogen-bond acceptors (Lipinski definition) is 2. The van der Waals surface area contributed by atoms with Crippen molar-refractivity contribution in [3.63, 3.8) is 0 Å². The minimum absolute atomic E-state index is 0.0568. The van der Waals surface area contributed by atoms with E-state index in [4.69, 9.17) is 5.11 Å². The van der Waals surface area contributed by atoms with E-state index in [9.17, 15) is 9.59 Å². The Balaban J connectivity index is 1.74. The third-order valence-electron chi connectivity index (χ3n) is 4.44. The summed E-state index contributed by atoms with van der Waals surface area (Å²) in [7, 11) is 0. The lowest BCUT2D eigenvalue weighted by molar-refractivity contribution is -0.137. The normalized spacial score (nSPS) is 26.9. The predicted octanol–water partition coefficient (Wildman–Crippen LogP) is 2.57. The van der Waals surface area contributed by atoms with Crippen molar-refractivity contribution in [2.24, 2.45) is 5.92 Å². The Hall–Kier alpha value is -2.04. The van der Waals surface area contributed by atoms with Gasteiger partial charge in [-0.25, -0.2) is 4.79 Å². The summed E-state index contributed by atoms with van der Waals surface area (Å²) in [5.41, 5.74) is 1.80. The molecule has 1 saturated carbocycles. The van der Waals surface area contributed by atoms with Gasteiger partial charge in [0.1, 0.15) is 0 Å². The SMILES string of the molecule is CC1CC(NC(=O)N2CC(CC(=O)O)c3ccccc32)C1. The highest BCUT2D eigenvalue weighted by Gasteiger charge is 2.35. The smallest absolute Gasteiger partial charge is 0.322 e. The molecule has 3 rings (SSSR count). The lowest BCUT2D eigenvalue weighted by atomic mass is 9.82. The summed E-state index contributed by atoms with van der Waals surface area (Å²) in [4.78, 5) is 25.1. The largest absolute Gasteiger partial charge is 0.481 e. The molecule has 1 aliphatic heterocycles. The molecule has 0 radical (unpaired) electrons. The molecule has 0 bridgehead atoms. The maximum Gasteiger partial charge on any atom is 0.322 e. The number of rotatable bonds is 3. The van der Waals surface area contributed by atoms with E-state index in [1.165, 1.54) is 0 Å². The molecule has 5 nitrogen and oxygen atoms in total. The Kier molecular flexibility index (Phi) is 3.57. The molecule has 2 N–H and O–H groups in total. The van der Waals surface area contributed by atoms with E-state index >= 15 is 0 Å². The molecule has 1 atom stereocenters. The lowest BCUT2D eigenvalue weighted by Gasteiger charge is -2.34. The van der Waals surface area contributed by atoms with E-state index in [-0.39, 0.29) is 24.4 Å². The molecule has 112 valence electrons. The number of carbonyl (C=O) groups is 2. The molecule has 0 spiro atoms. The highest BCUT2D eigenvalue weighted by atomic mass is 16.4. The Morgan fingerprint density at radius 1 is 1.33 bits per heavy atom. The fourth-order valence-corrected chi connectivity index (χ4v) is 3.35. The van der Waals surface area contributed by atoms with Crippen molar-refractivity contribution in [2.75, 3.05) is 11.4 Å². The second kappa shape index (κ2) is 5.39. The number of hydrogen-bond donors (Lipinski definition) is 2. The minimum Gasteiger partial charge on any atom is -0.481 e. The number of carbonyl (C=O) groups excluding carboxylic acids is 1. The van der Waals surface area contributed by atoms with Crippen LogP contribution in [-0.2, 0) is 4.79 Å². The van der Waals surface area contributed by atoms with Crippen LogP contribution in [0.4, 0.5) is 10.5 Å². The number of carboxylic acid groups (broad SMARTS) is 1. The Labute approximate surface area is 123 Å². The molecule has 2 aliphatic rings. The Morgan fingerprint density at radius 2 is 2.05 bits per heavy atom. The molecule has 1 unspecified atom stereocenters. The molecule has 21 heavy (non-hydrogen) atoms. The monoisotopic (exact) mass is 288 g/mol. The van der Waals surface area contributed by atoms with Crippen molar-refractivity contribution in [3.05, 3.63) is 29.8 Å². The average Bonchev–Trinajstić information content (AvgIpc) is 2.76. The molecule has 5 heteroatoms. The van der Waals surface area contributed by atoms with Gasteiger partial charge in [0.05, 0.1) is 6.42 Å². The van der Waals surface area contributed by atoms with Crippen LogP contribution in [0, 0.1) is 5.92 Å². The van der Waals surface area contributed by atoms with Crippen molar-refractivity contribution >= 4 is 17.7 Å². The second-order valence-electron chi connectivity index (χ2n) is 6.19. The molecule has 1 aliphatic carbocycles. The average molecular weight is 288 g/mol. The highest BCUT2D eigenvalue weighted by molar-refractivity contribution is 5.95. The van der Waals surface area contributed by atoms with Crippen molar-refractivity contribution < 1.29 is 14.7 Å². The number of amides is 2. The van der Waals surface area contributed by atoms with Crippen LogP contribution in [0.25, 0.3) is 0 Å². The number of fused-ring (bicyclic) bond motifs is 1. The van der Waals surface area contributed by atoms with Gasteiger partial charge in [0.25, 0.3) is 0 Å². The molecule has 1 fully saturated rings. The van der Waals surface area contributed by atoms with Crippen molar-refractivity contribution in [1.29, 1.82) is 0 Å². The third kappa shape index (κ3) is 2.73. The van der Waals surface area contributed by atoms with Gasteiger partial charge >= 0.3 is 12.0 Å². The van der Waals surface area contributed by atoms with Crippen LogP contribution in [-0.4, -0.2) is 29.7 Å². The number of aliphatic carboxylic acids is 1. The number of urea groups is 1. The van der Waals surface area contributed by atoms with E-state index in [0.29, 0.717) is 12.5 Å². The van der Waals surface area contributed by atoms with E-state index in [1.807, 2.05) is 24.3 Å². The first kappa shape index (κ1) is 13.9. The van der Waals surface area contributed by atoms with Crippen LogP contribution in [0.3, 0.4) is 0 Å². The quantitative estimate of drug-likeness (QED) is 0.898. The van der Waals surface area contributed by atoms with Gasteiger partial charge in [-0.3, -0.25) is 9.69 Å². The molecule has 1 aromatic rings. The lowest BCUT2D eigenvalue weighted by Crippen LogP contribution is -2.49. The van der Waals surface area contributed by atoms with Gasteiger partial charge in [-0.05, 0) is 30.4 Å². The van der Waals surface area contributed by atoms with Gasteiger partial charge in [-0.15, -0.1) is 0 Å². The van der Waals surface area contributed by atoms with E-state index in [2.05, 4.69) is 12.2 Å². The minimum atomic E-state index is -0.829. The summed E-state index contributed by atoms with van der Waals surface area (Å²) < 4.78 is 0. The molecule has 0 aromatic heterocycles. The highest BCUT2D eigenvalue weighted by Crippen LogP contribution is 2.38. The number of para-hydroxylation sites is 1. The van der Waals surface area contributed by atoms with E-state index < -0.39 is 5.97 Å². The molecule has 0 saturated heterocycles. The summed E-state index contributed by atoms with van der Waals surface area (Å²) >= 11 is 0. The molecule has 1 aromatic carbocycles. The van der Waals surface area contributed by atoms with Crippen molar-refractivity contribution in [3.8, 4) is 0 Å². The molecule has 2 amide bonds. The molecular weight excluding hydrogens is 268 g/mol. The zero-order chi connectivity index (χ0) is 15.0. The number of nitrogens with zero attached hydrogens (tertiary/aromatic N) is 1. The van der Waals surface area contributed by atoms with Gasteiger partial charge < -0.3 is 10.4 Å². The van der Waals surface area contributed by atoms with Crippen LogP contribution < -0.4 is 10.2 Å². The molecular formula is C16H20N2O3.